The van der Waals surface area contributed by atoms with Crippen LogP contribution in [0.15, 0.2) is 78.9 Å². The zero-order chi connectivity index (χ0) is 17.5. The molecule has 4 aromatic rings. The summed E-state index contributed by atoms with van der Waals surface area (Å²) in [7, 11) is 0. The van der Waals surface area contributed by atoms with Crippen molar-refractivity contribution in [1.29, 1.82) is 0 Å². The molecule has 5 rings (SSSR count). The van der Waals surface area contributed by atoms with Gasteiger partial charge in [-0.05, 0) is 35.7 Å². The van der Waals surface area contributed by atoms with Gasteiger partial charge in [-0.15, -0.1) is 0 Å². The Bertz CT molecular complexity index is 1070. The molecular weight excluding hydrogens is 342 g/mol. The predicted molar refractivity (Wildman–Crippen MR) is 107 cm³/mol. The van der Waals surface area contributed by atoms with Crippen molar-refractivity contribution in [3.8, 4) is 0 Å². The SMILES string of the molecule is Clc1ccccc1[C@@H]1C[C@H](c2ccccc2)n2c(nc3ccccc32)N1. The van der Waals surface area contributed by atoms with Gasteiger partial charge in [-0.25, -0.2) is 4.98 Å². The molecule has 0 amide bonds. The predicted octanol–water partition coefficient (Wildman–Crippen LogP) is 5.84. The van der Waals surface area contributed by atoms with Crippen molar-refractivity contribution >= 4 is 28.6 Å². The van der Waals surface area contributed by atoms with Crippen molar-refractivity contribution in [1.82, 2.24) is 9.55 Å². The van der Waals surface area contributed by atoms with Crippen LogP contribution in [0.1, 0.15) is 29.6 Å². The zero-order valence-corrected chi connectivity index (χ0v) is 14.9. The van der Waals surface area contributed by atoms with E-state index in [0.29, 0.717) is 0 Å². The molecule has 3 nitrogen and oxygen atoms in total. The van der Waals surface area contributed by atoms with Gasteiger partial charge in [-0.2, -0.15) is 0 Å². The Balaban J connectivity index is 1.69. The van der Waals surface area contributed by atoms with Crippen LogP contribution in [0.3, 0.4) is 0 Å². The standard InChI is InChI=1S/C22H18ClN3/c23-17-11-5-4-10-16(17)19-14-21(15-8-2-1-3-9-15)26-20-13-7-6-12-18(20)24-22(26)25-19/h1-13,19,21H,14H2,(H,24,25)/t19-,21+/m0/s1. The average Bonchev–Trinajstić information content (AvgIpc) is 3.07. The molecule has 26 heavy (non-hydrogen) atoms. The van der Waals surface area contributed by atoms with Crippen molar-refractivity contribution < 1.29 is 0 Å². The lowest BCUT2D eigenvalue weighted by Crippen LogP contribution is -2.27. The highest BCUT2D eigenvalue weighted by Crippen LogP contribution is 2.42. The lowest BCUT2D eigenvalue weighted by Gasteiger charge is -2.34. The Labute approximate surface area is 157 Å². The van der Waals surface area contributed by atoms with Gasteiger partial charge in [0.25, 0.3) is 0 Å². The molecule has 1 aliphatic heterocycles. The van der Waals surface area contributed by atoms with Gasteiger partial charge >= 0.3 is 0 Å². The number of para-hydroxylation sites is 2. The van der Waals surface area contributed by atoms with Crippen molar-refractivity contribution in [3.63, 3.8) is 0 Å². The fraction of sp³-hybridized carbons (Fsp3) is 0.136. The van der Waals surface area contributed by atoms with Gasteiger partial charge in [-0.1, -0.05) is 72.3 Å². The number of anilines is 1. The number of rotatable bonds is 2. The molecule has 0 fully saturated rings. The second kappa shape index (κ2) is 6.19. The van der Waals surface area contributed by atoms with E-state index in [2.05, 4.69) is 64.5 Å². The van der Waals surface area contributed by atoms with E-state index >= 15 is 0 Å². The van der Waals surface area contributed by atoms with Crippen molar-refractivity contribution in [3.05, 3.63) is 95.0 Å². The third kappa shape index (κ3) is 2.47. The maximum absolute atomic E-state index is 6.49. The fourth-order valence-corrected chi connectivity index (χ4v) is 4.20. The summed E-state index contributed by atoms with van der Waals surface area (Å²) in [6.07, 6.45) is 0.918. The smallest absolute Gasteiger partial charge is 0.204 e. The fourth-order valence-electron chi connectivity index (χ4n) is 3.93. The van der Waals surface area contributed by atoms with Crippen LogP contribution >= 0.6 is 11.6 Å². The molecule has 0 radical (unpaired) electrons. The third-order valence-electron chi connectivity index (χ3n) is 5.13. The summed E-state index contributed by atoms with van der Waals surface area (Å²) in [5.41, 5.74) is 4.57. The van der Waals surface area contributed by atoms with E-state index in [1.165, 1.54) is 5.56 Å². The molecule has 128 valence electrons. The molecule has 0 saturated heterocycles. The first-order chi connectivity index (χ1) is 12.8. The van der Waals surface area contributed by atoms with E-state index in [1.807, 2.05) is 24.3 Å². The first kappa shape index (κ1) is 15.5. The van der Waals surface area contributed by atoms with Gasteiger partial charge in [0.15, 0.2) is 0 Å². The second-order valence-electron chi connectivity index (χ2n) is 6.67. The molecule has 4 heteroatoms. The molecule has 1 aromatic heterocycles. The quantitative estimate of drug-likeness (QED) is 0.487. The number of nitrogens with one attached hydrogen (secondary N) is 1. The van der Waals surface area contributed by atoms with E-state index in [-0.39, 0.29) is 12.1 Å². The third-order valence-corrected chi connectivity index (χ3v) is 5.48. The molecule has 2 atom stereocenters. The summed E-state index contributed by atoms with van der Waals surface area (Å²) in [6, 6.07) is 27.3. The van der Waals surface area contributed by atoms with Gasteiger partial charge < -0.3 is 9.88 Å². The molecule has 1 aliphatic rings. The lowest BCUT2D eigenvalue weighted by molar-refractivity contribution is 0.477. The first-order valence-electron chi connectivity index (χ1n) is 8.84. The lowest BCUT2D eigenvalue weighted by atomic mass is 9.93. The number of aromatic nitrogens is 2. The largest absolute Gasteiger partial charge is 0.349 e. The summed E-state index contributed by atoms with van der Waals surface area (Å²) in [6.45, 7) is 0. The van der Waals surface area contributed by atoms with Crippen LogP contribution in [0.5, 0.6) is 0 Å². The maximum Gasteiger partial charge on any atom is 0.204 e. The van der Waals surface area contributed by atoms with Crippen LogP contribution in [0.25, 0.3) is 11.0 Å². The number of benzene rings is 3. The highest BCUT2D eigenvalue weighted by atomic mass is 35.5. The maximum atomic E-state index is 6.49. The van der Waals surface area contributed by atoms with Gasteiger partial charge in [0.1, 0.15) is 0 Å². The molecule has 3 aromatic carbocycles. The molecule has 0 saturated carbocycles. The molecular formula is C22H18ClN3. The van der Waals surface area contributed by atoms with Crippen LogP contribution in [0.2, 0.25) is 5.02 Å². The molecule has 0 unspecified atom stereocenters. The van der Waals surface area contributed by atoms with E-state index in [9.17, 15) is 0 Å². The van der Waals surface area contributed by atoms with Gasteiger partial charge in [0, 0.05) is 5.02 Å². The summed E-state index contributed by atoms with van der Waals surface area (Å²) in [5.74, 6) is 0.899. The van der Waals surface area contributed by atoms with Crippen molar-refractivity contribution in [2.75, 3.05) is 5.32 Å². The Morgan fingerprint density at radius 1 is 0.885 bits per heavy atom. The van der Waals surface area contributed by atoms with Gasteiger partial charge in [-0.3, -0.25) is 0 Å². The molecule has 1 N–H and O–H groups in total. The van der Waals surface area contributed by atoms with Crippen LogP contribution < -0.4 is 5.32 Å². The minimum absolute atomic E-state index is 0.123. The van der Waals surface area contributed by atoms with Crippen LogP contribution in [-0.2, 0) is 0 Å². The van der Waals surface area contributed by atoms with E-state index < -0.39 is 0 Å². The number of halogens is 1. The Kier molecular flexibility index (Phi) is 3.68. The number of fused-ring (bicyclic) bond motifs is 3. The number of imidazole rings is 1. The monoisotopic (exact) mass is 359 g/mol. The first-order valence-corrected chi connectivity index (χ1v) is 9.22. The molecule has 0 aliphatic carbocycles. The Hall–Kier alpha value is -2.78. The van der Waals surface area contributed by atoms with Gasteiger partial charge in [0.2, 0.25) is 5.95 Å². The van der Waals surface area contributed by atoms with E-state index in [1.54, 1.807) is 0 Å². The zero-order valence-electron chi connectivity index (χ0n) is 14.1. The minimum atomic E-state index is 0.123. The van der Waals surface area contributed by atoms with Gasteiger partial charge in [0.05, 0.1) is 23.1 Å². The summed E-state index contributed by atoms with van der Waals surface area (Å²) >= 11 is 6.49. The molecule has 2 heterocycles. The molecule has 0 bridgehead atoms. The number of nitrogens with zero attached hydrogens (tertiary/aromatic N) is 2. The average molecular weight is 360 g/mol. The Morgan fingerprint density at radius 2 is 1.62 bits per heavy atom. The summed E-state index contributed by atoms with van der Waals surface area (Å²) in [4.78, 5) is 4.84. The normalized spacial score (nSPS) is 19.1. The van der Waals surface area contributed by atoms with Crippen LogP contribution in [0, 0.1) is 0 Å². The minimum Gasteiger partial charge on any atom is -0.349 e. The second-order valence-corrected chi connectivity index (χ2v) is 7.08. The molecule has 0 spiro atoms. The number of hydrogen-bond acceptors (Lipinski definition) is 2. The van der Waals surface area contributed by atoms with Crippen LogP contribution in [-0.4, -0.2) is 9.55 Å². The Morgan fingerprint density at radius 3 is 2.46 bits per heavy atom. The van der Waals surface area contributed by atoms with Crippen LogP contribution in [0.4, 0.5) is 5.95 Å². The number of hydrogen-bond donors (Lipinski definition) is 1. The van der Waals surface area contributed by atoms with Crippen molar-refractivity contribution in [2.45, 2.75) is 18.5 Å². The summed E-state index contributed by atoms with van der Waals surface area (Å²) < 4.78 is 2.32. The van der Waals surface area contributed by atoms with E-state index in [4.69, 9.17) is 16.6 Å². The highest BCUT2D eigenvalue weighted by Gasteiger charge is 2.31. The topological polar surface area (TPSA) is 29.9 Å². The highest BCUT2D eigenvalue weighted by molar-refractivity contribution is 6.31. The van der Waals surface area contributed by atoms with Crippen molar-refractivity contribution in [2.24, 2.45) is 0 Å². The summed E-state index contributed by atoms with van der Waals surface area (Å²) in [5, 5.41) is 4.40. The van der Waals surface area contributed by atoms with E-state index in [0.717, 1.165) is 34.0 Å².